The second kappa shape index (κ2) is 5.30. The molecule has 2 atom stereocenters. The SMILES string of the molecule is N/C(=N/O)c1cc(CN2CC(O)C(O)C2)ccn1. The minimum absolute atomic E-state index is 0.0432. The maximum absolute atomic E-state index is 9.45. The van der Waals surface area contributed by atoms with Crippen LogP contribution in [0.5, 0.6) is 0 Å². The van der Waals surface area contributed by atoms with E-state index in [4.69, 9.17) is 10.9 Å². The van der Waals surface area contributed by atoms with Crippen LogP contribution in [0.1, 0.15) is 11.3 Å². The van der Waals surface area contributed by atoms with Crippen LogP contribution < -0.4 is 5.73 Å². The van der Waals surface area contributed by atoms with Crippen LogP contribution in [0.15, 0.2) is 23.5 Å². The Morgan fingerprint density at radius 3 is 2.72 bits per heavy atom. The molecule has 1 aromatic heterocycles. The monoisotopic (exact) mass is 252 g/mol. The predicted molar refractivity (Wildman–Crippen MR) is 64.0 cm³/mol. The quantitative estimate of drug-likeness (QED) is 0.230. The number of aliphatic hydroxyl groups is 2. The molecule has 1 aromatic rings. The first kappa shape index (κ1) is 12.7. The average Bonchev–Trinajstić information content (AvgIpc) is 2.67. The molecule has 0 radical (unpaired) electrons. The van der Waals surface area contributed by atoms with Gasteiger partial charge in [0.25, 0.3) is 0 Å². The lowest BCUT2D eigenvalue weighted by Gasteiger charge is -2.14. The molecule has 1 aliphatic heterocycles. The van der Waals surface area contributed by atoms with Crippen molar-refractivity contribution in [3.63, 3.8) is 0 Å². The number of amidine groups is 1. The van der Waals surface area contributed by atoms with Gasteiger partial charge < -0.3 is 21.2 Å². The summed E-state index contributed by atoms with van der Waals surface area (Å²) in [7, 11) is 0. The summed E-state index contributed by atoms with van der Waals surface area (Å²) >= 11 is 0. The molecule has 1 aliphatic rings. The Balaban J connectivity index is 2.06. The Kier molecular flexibility index (Phi) is 3.75. The molecule has 98 valence electrons. The molecule has 2 heterocycles. The van der Waals surface area contributed by atoms with Gasteiger partial charge in [0.05, 0.1) is 12.2 Å². The fourth-order valence-electron chi connectivity index (χ4n) is 2.00. The number of oxime groups is 1. The topological polar surface area (TPSA) is 115 Å². The summed E-state index contributed by atoms with van der Waals surface area (Å²) < 4.78 is 0. The number of aromatic nitrogens is 1. The van der Waals surface area contributed by atoms with E-state index in [1.165, 1.54) is 0 Å². The fourth-order valence-corrected chi connectivity index (χ4v) is 2.00. The average molecular weight is 252 g/mol. The standard InChI is InChI=1S/C11H16N4O3/c12-11(14-18)8-3-7(1-2-13-8)4-15-5-9(16)10(17)6-15/h1-3,9-10,16-18H,4-6H2,(H2,12,14). The minimum Gasteiger partial charge on any atom is -0.409 e. The molecule has 0 spiro atoms. The molecule has 2 unspecified atom stereocenters. The van der Waals surface area contributed by atoms with Crippen molar-refractivity contribution in [3.8, 4) is 0 Å². The van der Waals surface area contributed by atoms with Crippen molar-refractivity contribution in [2.75, 3.05) is 13.1 Å². The highest BCUT2D eigenvalue weighted by molar-refractivity contribution is 5.95. The van der Waals surface area contributed by atoms with E-state index in [1.54, 1.807) is 12.3 Å². The number of β-amino-alcohol motifs (C(OH)–C–C–N with tert-alkyl or cyclic N) is 2. The summed E-state index contributed by atoms with van der Waals surface area (Å²) in [5, 5.41) is 30.4. The molecule has 0 amide bonds. The van der Waals surface area contributed by atoms with Crippen LogP contribution in [0, 0.1) is 0 Å². The first-order valence-corrected chi connectivity index (χ1v) is 5.61. The highest BCUT2D eigenvalue weighted by atomic mass is 16.4. The first-order valence-electron chi connectivity index (χ1n) is 5.61. The van der Waals surface area contributed by atoms with Gasteiger partial charge in [0.15, 0.2) is 5.84 Å². The number of rotatable bonds is 3. The van der Waals surface area contributed by atoms with E-state index >= 15 is 0 Å². The van der Waals surface area contributed by atoms with Crippen molar-refractivity contribution < 1.29 is 15.4 Å². The summed E-state index contributed by atoms with van der Waals surface area (Å²) in [4.78, 5) is 5.91. The van der Waals surface area contributed by atoms with Crippen molar-refractivity contribution in [2.45, 2.75) is 18.8 Å². The molecule has 1 fully saturated rings. The van der Waals surface area contributed by atoms with Crippen LogP contribution in [0.4, 0.5) is 0 Å². The normalized spacial score (nSPS) is 25.6. The van der Waals surface area contributed by atoms with Gasteiger partial charge in [-0.25, -0.2) is 0 Å². The third-order valence-electron chi connectivity index (χ3n) is 2.94. The van der Waals surface area contributed by atoms with Crippen LogP contribution in [0.2, 0.25) is 0 Å². The zero-order valence-corrected chi connectivity index (χ0v) is 9.77. The van der Waals surface area contributed by atoms with E-state index in [-0.39, 0.29) is 5.84 Å². The first-order chi connectivity index (χ1) is 8.60. The van der Waals surface area contributed by atoms with Crippen molar-refractivity contribution in [1.82, 2.24) is 9.88 Å². The number of pyridine rings is 1. The van der Waals surface area contributed by atoms with Gasteiger partial charge >= 0.3 is 0 Å². The van der Waals surface area contributed by atoms with E-state index in [0.29, 0.717) is 25.3 Å². The Bertz CT molecular complexity index is 442. The van der Waals surface area contributed by atoms with Crippen LogP contribution in [-0.4, -0.2) is 56.4 Å². The van der Waals surface area contributed by atoms with Gasteiger partial charge in [-0.2, -0.15) is 0 Å². The second-order valence-corrected chi connectivity index (χ2v) is 4.36. The second-order valence-electron chi connectivity index (χ2n) is 4.36. The van der Waals surface area contributed by atoms with E-state index in [9.17, 15) is 10.2 Å². The molecular formula is C11H16N4O3. The number of likely N-dealkylation sites (tertiary alicyclic amines) is 1. The number of nitrogens with two attached hydrogens (primary N) is 1. The summed E-state index contributed by atoms with van der Waals surface area (Å²) in [6.45, 7) is 1.44. The Morgan fingerprint density at radius 2 is 2.11 bits per heavy atom. The van der Waals surface area contributed by atoms with Gasteiger partial charge in [-0.15, -0.1) is 0 Å². The maximum Gasteiger partial charge on any atom is 0.188 e. The maximum atomic E-state index is 9.45. The van der Waals surface area contributed by atoms with Crippen LogP contribution in [-0.2, 0) is 6.54 Å². The fraction of sp³-hybridized carbons (Fsp3) is 0.455. The Morgan fingerprint density at radius 1 is 1.44 bits per heavy atom. The van der Waals surface area contributed by atoms with Crippen LogP contribution in [0.3, 0.4) is 0 Å². The van der Waals surface area contributed by atoms with E-state index < -0.39 is 12.2 Å². The van der Waals surface area contributed by atoms with Gasteiger partial charge in [0, 0.05) is 25.8 Å². The molecule has 7 heteroatoms. The summed E-state index contributed by atoms with van der Waals surface area (Å²) in [6.07, 6.45) is 0.178. The van der Waals surface area contributed by atoms with Crippen molar-refractivity contribution in [2.24, 2.45) is 10.9 Å². The minimum atomic E-state index is -0.699. The summed E-state index contributed by atoms with van der Waals surface area (Å²) in [5.74, 6) is -0.0432. The molecule has 5 N–H and O–H groups in total. The molecule has 2 rings (SSSR count). The number of aliphatic hydroxyl groups excluding tert-OH is 2. The molecule has 1 saturated heterocycles. The number of hydrogen-bond donors (Lipinski definition) is 4. The largest absolute Gasteiger partial charge is 0.409 e. The van der Waals surface area contributed by atoms with Gasteiger partial charge in [-0.05, 0) is 17.7 Å². The molecular weight excluding hydrogens is 236 g/mol. The zero-order chi connectivity index (χ0) is 13.1. The third kappa shape index (κ3) is 2.76. The lowest BCUT2D eigenvalue weighted by Crippen LogP contribution is -2.22. The molecule has 0 bridgehead atoms. The molecule has 0 saturated carbocycles. The van der Waals surface area contributed by atoms with Crippen molar-refractivity contribution in [3.05, 3.63) is 29.6 Å². The molecule has 18 heavy (non-hydrogen) atoms. The van der Waals surface area contributed by atoms with Crippen molar-refractivity contribution in [1.29, 1.82) is 0 Å². The lowest BCUT2D eigenvalue weighted by molar-refractivity contribution is 0.0572. The third-order valence-corrected chi connectivity index (χ3v) is 2.94. The molecule has 0 aliphatic carbocycles. The van der Waals surface area contributed by atoms with E-state index in [2.05, 4.69) is 10.1 Å². The Labute approximate surface area is 104 Å². The molecule has 7 nitrogen and oxygen atoms in total. The number of hydrogen-bond acceptors (Lipinski definition) is 6. The van der Waals surface area contributed by atoms with E-state index in [0.717, 1.165) is 5.56 Å². The van der Waals surface area contributed by atoms with Crippen LogP contribution >= 0.6 is 0 Å². The predicted octanol–water partition coefficient (Wildman–Crippen LogP) is -1.29. The van der Waals surface area contributed by atoms with Gasteiger partial charge in [0.2, 0.25) is 0 Å². The van der Waals surface area contributed by atoms with Gasteiger partial charge in [0.1, 0.15) is 5.69 Å². The van der Waals surface area contributed by atoms with Crippen molar-refractivity contribution >= 4 is 5.84 Å². The highest BCUT2D eigenvalue weighted by Crippen LogP contribution is 2.14. The van der Waals surface area contributed by atoms with Gasteiger partial charge in [-0.3, -0.25) is 9.88 Å². The Hall–Kier alpha value is -1.70. The summed E-state index contributed by atoms with van der Waals surface area (Å²) in [6, 6.07) is 3.53. The van der Waals surface area contributed by atoms with E-state index in [1.807, 2.05) is 11.0 Å². The smallest absolute Gasteiger partial charge is 0.188 e. The number of nitrogens with zero attached hydrogens (tertiary/aromatic N) is 3. The van der Waals surface area contributed by atoms with Crippen LogP contribution in [0.25, 0.3) is 0 Å². The molecule has 0 aromatic carbocycles. The zero-order valence-electron chi connectivity index (χ0n) is 9.77. The summed E-state index contributed by atoms with van der Waals surface area (Å²) in [5.41, 5.74) is 6.78. The van der Waals surface area contributed by atoms with Gasteiger partial charge in [-0.1, -0.05) is 5.16 Å². The lowest BCUT2D eigenvalue weighted by atomic mass is 10.2. The highest BCUT2D eigenvalue weighted by Gasteiger charge is 2.29.